The van der Waals surface area contributed by atoms with Crippen LogP contribution in [-0.2, 0) is 0 Å². The molecule has 1 N–H and O–H groups in total. The van der Waals surface area contributed by atoms with Crippen molar-refractivity contribution >= 4 is 0 Å². The Kier molecular flexibility index (Phi) is 3.11. The quantitative estimate of drug-likeness (QED) is 0.881. The maximum absolute atomic E-state index is 13.0. The van der Waals surface area contributed by atoms with E-state index in [4.69, 9.17) is 0 Å². The summed E-state index contributed by atoms with van der Waals surface area (Å²) >= 11 is 0. The molecule has 1 saturated heterocycles. The molecule has 1 aromatic heterocycles. The topological polar surface area (TPSA) is 29.9 Å². The summed E-state index contributed by atoms with van der Waals surface area (Å²) in [6.45, 7) is 2.09. The third kappa shape index (κ3) is 2.16. The van der Waals surface area contributed by atoms with E-state index in [1.807, 2.05) is 12.4 Å². The molecule has 1 fully saturated rings. The minimum atomic E-state index is -0.206. The fourth-order valence-corrected chi connectivity index (χ4v) is 2.52. The predicted molar refractivity (Wildman–Crippen MR) is 68.4 cm³/mol. The molecule has 94 valence electrons. The van der Waals surface area contributed by atoms with Crippen LogP contribution in [0.1, 0.15) is 24.6 Å². The number of imidazole rings is 1. The summed E-state index contributed by atoms with van der Waals surface area (Å²) in [5, 5.41) is 3.36. The van der Waals surface area contributed by atoms with Crippen LogP contribution >= 0.6 is 0 Å². The molecular formula is C14H16FN3. The van der Waals surface area contributed by atoms with Gasteiger partial charge in [-0.25, -0.2) is 9.37 Å². The van der Waals surface area contributed by atoms with E-state index < -0.39 is 0 Å². The SMILES string of the molecule is Fc1ccc(-n2ccnc2C2CCNCC2)cc1. The van der Waals surface area contributed by atoms with Gasteiger partial charge in [0.05, 0.1) is 0 Å². The number of hydrogen-bond acceptors (Lipinski definition) is 2. The lowest BCUT2D eigenvalue weighted by Crippen LogP contribution is -2.27. The van der Waals surface area contributed by atoms with E-state index in [2.05, 4.69) is 14.9 Å². The van der Waals surface area contributed by atoms with Crippen molar-refractivity contribution in [3.8, 4) is 5.69 Å². The molecule has 2 aromatic rings. The van der Waals surface area contributed by atoms with Crippen LogP contribution in [-0.4, -0.2) is 22.6 Å². The lowest BCUT2D eigenvalue weighted by molar-refractivity contribution is 0.442. The number of piperidine rings is 1. The minimum Gasteiger partial charge on any atom is -0.317 e. The van der Waals surface area contributed by atoms with Gasteiger partial charge in [0.1, 0.15) is 11.6 Å². The molecule has 0 bridgehead atoms. The second kappa shape index (κ2) is 4.90. The summed E-state index contributed by atoms with van der Waals surface area (Å²) in [5.41, 5.74) is 0.974. The van der Waals surface area contributed by atoms with Crippen molar-refractivity contribution in [3.63, 3.8) is 0 Å². The largest absolute Gasteiger partial charge is 0.317 e. The van der Waals surface area contributed by atoms with E-state index in [0.29, 0.717) is 5.92 Å². The number of nitrogens with zero attached hydrogens (tertiary/aromatic N) is 2. The first-order valence-corrected chi connectivity index (χ1v) is 6.34. The van der Waals surface area contributed by atoms with Crippen molar-refractivity contribution in [1.82, 2.24) is 14.9 Å². The van der Waals surface area contributed by atoms with Crippen molar-refractivity contribution in [2.45, 2.75) is 18.8 Å². The monoisotopic (exact) mass is 245 g/mol. The number of halogens is 1. The number of benzene rings is 1. The Hall–Kier alpha value is -1.68. The van der Waals surface area contributed by atoms with Gasteiger partial charge < -0.3 is 9.88 Å². The molecule has 1 aliphatic heterocycles. The van der Waals surface area contributed by atoms with E-state index >= 15 is 0 Å². The first-order chi connectivity index (χ1) is 8.84. The second-order valence-electron chi connectivity index (χ2n) is 4.66. The molecule has 3 rings (SSSR count). The summed E-state index contributed by atoms with van der Waals surface area (Å²) in [6.07, 6.45) is 5.99. The fourth-order valence-electron chi connectivity index (χ4n) is 2.52. The van der Waals surface area contributed by atoms with E-state index in [9.17, 15) is 4.39 Å². The molecule has 1 aliphatic rings. The van der Waals surface area contributed by atoms with Crippen LogP contribution < -0.4 is 5.32 Å². The van der Waals surface area contributed by atoms with Gasteiger partial charge in [0.15, 0.2) is 0 Å². The maximum atomic E-state index is 13.0. The first kappa shape index (κ1) is 11.4. The molecule has 0 spiro atoms. The Labute approximate surface area is 106 Å². The normalized spacial score (nSPS) is 16.9. The number of nitrogens with one attached hydrogen (secondary N) is 1. The summed E-state index contributed by atoms with van der Waals surface area (Å²) in [5.74, 6) is 1.37. The van der Waals surface area contributed by atoms with Crippen LogP contribution in [0, 0.1) is 5.82 Å². The molecule has 0 amide bonds. The highest BCUT2D eigenvalue weighted by Gasteiger charge is 2.20. The highest BCUT2D eigenvalue weighted by molar-refractivity contribution is 5.34. The second-order valence-corrected chi connectivity index (χ2v) is 4.66. The Balaban J connectivity index is 1.93. The Morgan fingerprint density at radius 1 is 1.17 bits per heavy atom. The average molecular weight is 245 g/mol. The van der Waals surface area contributed by atoms with E-state index in [1.54, 1.807) is 12.1 Å². The van der Waals surface area contributed by atoms with Gasteiger partial charge in [-0.2, -0.15) is 0 Å². The van der Waals surface area contributed by atoms with Gasteiger partial charge in [0.25, 0.3) is 0 Å². The van der Waals surface area contributed by atoms with Gasteiger partial charge in [0.2, 0.25) is 0 Å². The molecule has 0 radical (unpaired) electrons. The van der Waals surface area contributed by atoms with Gasteiger partial charge in [-0.3, -0.25) is 0 Å². The minimum absolute atomic E-state index is 0.206. The summed E-state index contributed by atoms with van der Waals surface area (Å²) < 4.78 is 15.0. The van der Waals surface area contributed by atoms with Crippen LogP contribution in [0.3, 0.4) is 0 Å². The molecule has 0 unspecified atom stereocenters. The fraction of sp³-hybridized carbons (Fsp3) is 0.357. The predicted octanol–water partition coefficient (Wildman–Crippen LogP) is 2.48. The van der Waals surface area contributed by atoms with Gasteiger partial charge >= 0.3 is 0 Å². The molecule has 4 heteroatoms. The van der Waals surface area contributed by atoms with Crippen molar-refractivity contribution in [2.24, 2.45) is 0 Å². The molecule has 0 aliphatic carbocycles. The van der Waals surface area contributed by atoms with E-state index in [0.717, 1.165) is 37.4 Å². The van der Waals surface area contributed by atoms with Gasteiger partial charge in [-0.15, -0.1) is 0 Å². The molecule has 2 heterocycles. The number of hydrogen-bond donors (Lipinski definition) is 1. The van der Waals surface area contributed by atoms with Crippen molar-refractivity contribution in [2.75, 3.05) is 13.1 Å². The van der Waals surface area contributed by atoms with Crippen LogP contribution in [0.4, 0.5) is 4.39 Å². The Morgan fingerprint density at radius 3 is 2.61 bits per heavy atom. The third-order valence-corrected chi connectivity index (χ3v) is 3.48. The van der Waals surface area contributed by atoms with Crippen molar-refractivity contribution in [1.29, 1.82) is 0 Å². The van der Waals surface area contributed by atoms with Crippen molar-refractivity contribution < 1.29 is 4.39 Å². The zero-order valence-electron chi connectivity index (χ0n) is 10.1. The Bertz CT molecular complexity index is 512. The average Bonchev–Trinajstić information content (AvgIpc) is 2.90. The van der Waals surface area contributed by atoms with Crippen LogP contribution in [0.2, 0.25) is 0 Å². The van der Waals surface area contributed by atoms with E-state index in [1.165, 1.54) is 12.1 Å². The number of aromatic nitrogens is 2. The van der Waals surface area contributed by atoms with Crippen LogP contribution in [0.25, 0.3) is 5.69 Å². The lowest BCUT2D eigenvalue weighted by atomic mass is 9.97. The Morgan fingerprint density at radius 2 is 1.89 bits per heavy atom. The van der Waals surface area contributed by atoms with Crippen LogP contribution in [0.15, 0.2) is 36.7 Å². The summed E-state index contributed by atoms with van der Waals surface area (Å²) in [4.78, 5) is 4.48. The van der Waals surface area contributed by atoms with Crippen molar-refractivity contribution in [3.05, 3.63) is 48.3 Å². The highest BCUT2D eigenvalue weighted by atomic mass is 19.1. The zero-order valence-corrected chi connectivity index (χ0v) is 10.1. The molecule has 0 atom stereocenters. The molecule has 0 saturated carbocycles. The zero-order chi connectivity index (χ0) is 12.4. The molecule has 18 heavy (non-hydrogen) atoms. The lowest BCUT2D eigenvalue weighted by Gasteiger charge is -2.23. The molecule has 1 aromatic carbocycles. The molecule has 3 nitrogen and oxygen atoms in total. The van der Waals surface area contributed by atoms with E-state index in [-0.39, 0.29) is 5.82 Å². The summed E-state index contributed by atoms with van der Waals surface area (Å²) in [6, 6.07) is 6.56. The molecular weight excluding hydrogens is 229 g/mol. The number of rotatable bonds is 2. The van der Waals surface area contributed by atoms with Gasteiger partial charge in [-0.1, -0.05) is 0 Å². The smallest absolute Gasteiger partial charge is 0.123 e. The van der Waals surface area contributed by atoms with Crippen LogP contribution in [0.5, 0.6) is 0 Å². The highest BCUT2D eigenvalue weighted by Crippen LogP contribution is 2.25. The summed E-state index contributed by atoms with van der Waals surface area (Å²) in [7, 11) is 0. The standard InChI is InChI=1S/C14H16FN3/c15-12-1-3-13(4-2-12)18-10-9-17-14(18)11-5-7-16-8-6-11/h1-4,9-11,16H,5-8H2. The first-order valence-electron chi connectivity index (χ1n) is 6.34. The van der Waals surface area contributed by atoms with Gasteiger partial charge in [-0.05, 0) is 50.2 Å². The third-order valence-electron chi connectivity index (χ3n) is 3.48. The maximum Gasteiger partial charge on any atom is 0.123 e. The van der Waals surface area contributed by atoms with Gasteiger partial charge in [0, 0.05) is 24.0 Å².